The third kappa shape index (κ3) is 8.02. The van der Waals surface area contributed by atoms with E-state index in [1.165, 1.54) is 0 Å². The molecule has 6 nitrogen and oxygen atoms in total. The summed E-state index contributed by atoms with van der Waals surface area (Å²) in [6.07, 6.45) is 1.06. The van der Waals surface area contributed by atoms with Crippen molar-refractivity contribution in [3.63, 3.8) is 0 Å². The van der Waals surface area contributed by atoms with Gasteiger partial charge in [0.25, 0.3) is 0 Å². The van der Waals surface area contributed by atoms with E-state index in [4.69, 9.17) is 9.47 Å². The Bertz CT molecular complexity index is 345. The predicted molar refractivity (Wildman–Crippen MR) is 79.8 cm³/mol. The van der Waals surface area contributed by atoms with Gasteiger partial charge >= 0.3 is 0 Å². The molecule has 1 aliphatic rings. The van der Waals surface area contributed by atoms with Crippen LogP contribution >= 0.6 is 0 Å². The molecule has 0 bridgehead atoms. The van der Waals surface area contributed by atoms with E-state index in [1.54, 1.807) is 0 Å². The van der Waals surface area contributed by atoms with Crippen LogP contribution in [0.25, 0.3) is 0 Å². The number of hydrogen-bond acceptors (Lipinski definition) is 4. The molecule has 0 aromatic carbocycles. The molecule has 2 atom stereocenters. The van der Waals surface area contributed by atoms with E-state index in [2.05, 4.69) is 10.6 Å². The summed E-state index contributed by atoms with van der Waals surface area (Å²) in [5, 5.41) is 5.65. The van der Waals surface area contributed by atoms with Gasteiger partial charge in [-0.3, -0.25) is 9.59 Å². The van der Waals surface area contributed by atoms with Gasteiger partial charge in [-0.15, -0.1) is 0 Å². The highest BCUT2D eigenvalue weighted by atomic mass is 16.5. The van der Waals surface area contributed by atoms with Gasteiger partial charge in [-0.25, -0.2) is 0 Å². The number of hydrogen-bond donors (Lipinski definition) is 2. The van der Waals surface area contributed by atoms with Crippen LogP contribution in [0, 0.1) is 11.8 Å². The maximum Gasteiger partial charge on any atom is 0.246 e. The summed E-state index contributed by atoms with van der Waals surface area (Å²) in [4.78, 5) is 23.3. The third-order valence-corrected chi connectivity index (χ3v) is 3.22. The van der Waals surface area contributed by atoms with Crippen molar-refractivity contribution >= 4 is 11.8 Å². The number of ether oxygens (including phenoxy) is 2. The van der Waals surface area contributed by atoms with E-state index in [9.17, 15) is 9.59 Å². The van der Waals surface area contributed by atoms with Crippen LogP contribution in [0.2, 0.25) is 0 Å². The Morgan fingerprint density at radius 2 is 1.76 bits per heavy atom. The maximum atomic E-state index is 11.8. The molecule has 122 valence electrons. The minimum Gasteiger partial charge on any atom is -0.377 e. The topological polar surface area (TPSA) is 76.7 Å². The Morgan fingerprint density at radius 1 is 1.10 bits per heavy atom. The van der Waals surface area contributed by atoms with Gasteiger partial charge in [-0.05, 0) is 40.0 Å². The molecule has 0 aromatic heterocycles. The second-order valence-electron chi connectivity index (χ2n) is 5.98. The second kappa shape index (κ2) is 9.00. The molecule has 2 unspecified atom stereocenters. The van der Waals surface area contributed by atoms with Gasteiger partial charge in [-0.2, -0.15) is 0 Å². The fraction of sp³-hybridized carbons (Fsp3) is 0.867. The lowest BCUT2D eigenvalue weighted by Gasteiger charge is -2.09. The van der Waals surface area contributed by atoms with Crippen LogP contribution in [0.4, 0.5) is 0 Å². The summed E-state index contributed by atoms with van der Waals surface area (Å²) in [6.45, 7) is 9.39. The van der Waals surface area contributed by atoms with Crippen LogP contribution < -0.4 is 10.6 Å². The summed E-state index contributed by atoms with van der Waals surface area (Å²) in [7, 11) is 0. The van der Waals surface area contributed by atoms with Gasteiger partial charge < -0.3 is 20.1 Å². The van der Waals surface area contributed by atoms with Gasteiger partial charge in [0.15, 0.2) is 0 Å². The molecule has 0 saturated heterocycles. The first-order valence-electron chi connectivity index (χ1n) is 7.67. The van der Waals surface area contributed by atoms with Crippen molar-refractivity contribution in [3.05, 3.63) is 0 Å². The lowest BCUT2D eigenvalue weighted by Crippen LogP contribution is -2.33. The van der Waals surface area contributed by atoms with Crippen LogP contribution in [0.1, 0.15) is 34.1 Å². The molecular weight excluding hydrogens is 272 g/mol. The van der Waals surface area contributed by atoms with E-state index in [0.717, 1.165) is 6.42 Å². The lowest BCUT2D eigenvalue weighted by molar-refractivity contribution is -0.127. The van der Waals surface area contributed by atoms with E-state index in [-0.39, 0.29) is 42.5 Å². The smallest absolute Gasteiger partial charge is 0.246 e. The average Bonchev–Trinajstić information content (AvgIpc) is 3.18. The molecule has 2 amide bonds. The predicted octanol–water partition coefficient (Wildman–Crippen LogP) is 0.705. The molecule has 1 rings (SSSR count). The molecule has 0 heterocycles. The molecule has 0 radical (unpaired) electrons. The minimum absolute atomic E-state index is 0.0235. The van der Waals surface area contributed by atoms with E-state index >= 15 is 0 Å². The second-order valence-corrected chi connectivity index (χ2v) is 5.98. The number of amides is 2. The van der Waals surface area contributed by atoms with E-state index < -0.39 is 0 Å². The molecule has 1 fully saturated rings. The van der Waals surface area contributed by atoms with Crippen molar-refractivity contribution in [3.8, 4) is 0 Å². The van der Waals surface area contributed by atoms with Crippen molar-refractivity contribution in [2.75, 3.05) is 26.3 Å². The first kappa shape index (κ1) is 17.9. The Morgan fingerprint density at radius 3 is 2.38 bits per heavy atom. The van der Waals surface area contributed by atoms with Gasteiger partial charge in [0.2, 0.25) is 11.8 Å². The Balaban J connectivity index is 2.05. The van der Waals surface area contributed by atoms with Crippen molar-refractivity contribution in [2.24, 2.45) is 11.8 Å². The van der Waals surface area contributed by atoms with Crippen molar-refractivity contribution in [2.45, 2.75) is 46.3 Å². The maximum absolute atomic E-state index is 11.8. The monoisotopic (exact) mass is 300 g/mol. The van der Waals surface area contributed by atoms with E-state index in [1.807, 2.05) is 27.7 Å². The van der Waals surface area contributed by atoms with Crippen molar-refractivity contribution in [1.82, 2.24) is 10.6 Å². The van der Waals surface area contributed by atoms with Crippen molar-refractivity contribution in [1.29, 1.82) is 0 Å². The molecule has 0 aliphatic heterocycles. The summed E-state index contributed by atoms with van der Waals surface area (Å²) in [6, 6.07) is 0. The number of rotatable bonds is 10. The summed E-state index contributed by atoms with van der Waals surface area (Å²) in [5.41, 5.74) is 0. The number of carbonyl (C=O) groups is 2. The molecule has 21 heavy (non-hydrogen) atoms. The number of carbonyl (C=O) groups excluding carboxylic acids is 2. The molecule has 2 N–H and O–H groups in total. The van der Waals surface area contributed by atoms with Crippen LogP contribution in [0.15, 0.2) is 0 Å². The van der Waals surface area contributed by atoms with Gasteiger partial charge in [-0.1, -0.05) is 0 Å². The summed E-state index contributed by atoms with van der Waals surface area (Å²) < 4.78 is 10.6. The molecule has 6 heteroatoms. The Labute approximate surface area is 126 Å². The molecular formula is C15H28N2O4. The lowest BCUT2D eigenvalue weighted by atomic mass is 10.3. The zero-order valence-corrected chi connectivity index (χ0v) is 13.5. The largest absolute Gasteiger partial charge is 0.377 e. The highest BCUT2D eigenvalue weighted by Crippen LogP contribution is 2.37. The zero-order chi connectivity index (χ0) is 15.8. The molecule has 1 saturated carbocycles. The highest BCUT2D eigenvalue weighted by Gasteiger charge is 2.42. The van der Waals surface area contributed by atoms with Crippen molar-refractivity contribution < 1.29 is 19.1 Å². The average molecular weight is 300 g/mol. The number of nitrogens with one attached hydrogen (secondary N) is 2. The summed E-state index contributed by atoms with van der Waals surface area (Å²) >= 11 is 0. The Kier molecular flexibility index (Phi) is 7.67. The standard InChI is InChI=1S/C15H28N2O4/c1-10(2)20-6-5-16-15(19)13-7-12(13)8-17-14(18)9-21-11(3)4/h10-13H,5-9H2,1-4H3,(H,16,19)(H,17,18). The van der Waals surface area contributed by atoms with Crippen LogP contribution in [0.3, 0.4) is 0 Å². The van der Waals surface area contributed by atoms with Crippen LogP contribution in [0.5, 0.6) is 0 Å². The highest BCUT2D eigenvalue weighted by molar-refractivity contribution is 5.82. The normalized spacial score (nSPS) is 20.7. The van der Waals surface area contributed by atoms with Gasteiger partial charge in [0.1, 0.15) is 6.61 Å². The quantitative estimate of drug-likeness (QED) is 0.582. The Hall–Kier alpha value is -1.14. The molecule has 1 aliphatic carbocycles. The first-order chi connectivity index (χ1) is 9.90. The van der Waals surface area contributed by atoms with Gasteiger partial charge in [0.05, 0.1) is 18.8 Å². The first-order valence-corrected chi connectivity index (χ1v) is 7.67. The van der Waals surface area contributed by atoms with Crippen LogP contribution in [-0.4, -0.2) is 50.3 Å². The fourth-order valence-corrected chi connectivity index (χ4v) is 1.93. The minimum atomic E-state index is -0.125. The van der Waals surface area contributed by atoms with Crippen LogP contribution in [-0.2, 0) is 19.1 Å². The SMILES string of the molecule is CC(C)OCCNC(=O)C1CC1CNC(=O)COC(C)C. The molecule has 0 spiro atoms. The van der Waals surface area contributed by atoms with Gasteiger partial charge in [0, 0.05) is 19.0 Å². The zero-order valence-electron chi connectivity index (χ0n) is 13.5. The van der Waals surface area contributed by atoms with E-state index in [0.29, 0.717) is 19.7 Å². The fourth-order valence-electron chi connectivity index (χ4n) is 1.93. The third-order valence-electron chi connectivity index (χ3n) is 3.22. The molecule has 0 aromatic rings. The summed E-state index contributed by atoms with van der Waals surface area (Å²) in [5.74, 6) is 0.203.